The zero-order valence-corrected chi connectivity index (χ0v) is 12.1. The van der Waals surface area contributed by atoms with E-state index in [4.69, 9.17) is 12.2 Å². The second-order valence-corrected chi connectivity index (χ2v) is 5.83. The van der Waals surface area contributed by atoms with Gasteiger partial charge < -0.3 is 15.7 Å². The number of hydrogen-bond acceptors (Lipinski definition) is 2. The number of rotatable bonds is 4. The van der Waals surface area contributed by atoms with Gasteiger partial charge in [-0.15, -0.1) is 0 Å². The van der Waals surface area contributed by atoms with E-state index in [0.717, 1.165) is 6.42 Å². The van der Waals surface area contributed by atoms with E-state index >= 15 is 0 Å². The lowest BCUT2D eigenvalue weighted by Gasteiger charge is -2.26. The smallest absolute Gasteiger partial charge is 0.167 e. The molecule has 4 heteroatoms. The SMILES string of the molecule is CC(C)(C)NC(=S)NC(CO)Cc1ccccc1. The zero-order valence-electron chi connectivity index (χ0n) is 11.2. The molecule has 0 aromatic heterocycles. The molecule has 3 N–H and O–H groups in total. The Kier molecular flexibility index (Phi) is 5.56. The fraction of sp³-hybridized carbons (Fsp3) is 0.500. The molecule has 0 spiro atoms. The Morgan fingerprint density at radius 2 is 1.89 bits per heavy atom. The standard InChI is InChI=1S/C14H22N2OS/c1-14(2,3)16-13(18)15-12(10-17)9-11-7-5-4-6-8-11/h4-8,12,17H,9-10H2,1-3H3,(H2,15,16,18). The van der Waals surface area contributed by atoms with E-state index < -0.39 is 0 Å². The van der Waals surface area contributed by atoms with Crippen LogP contribution in [0.4, 0.5) is 0 Å². The van der Waals surface area contributed by atoms with E-state index in [0.29, 0.717) is 5.11 Å². The first kappa shape index (κ1) is 14.9. The minimum atomic E-state index is -0.0726. The average Bonchev–Trinajstić information content (AvgIpc) is 2.27. The third kappa shape index (κ3) is 5.98. The van der Waals surface area contributed by atoms with Crippen LogP contribution in [0.25, 0.3) is 0 Å². The summed E-state index contributed by atoms with van der Waals surface area (Å²) >= 11 is 5.23. The van der Waals surface area contributed by atoms with Crippen molar-refractivity contribution >= 4 is 17.3 Å². The van der Waals surface area contributed by atoms with Crippen LogP contribution < -0.4 is 10.6 Å². The second-order valence-electron chi connectivity index (χ2n) is 5.42. The summed E-state index contributed by atoms with van der Waals surface area (Å²) in [6.07, 6.45) is 0.753. The zero-order chi connectivity index (χ0) is 13.6. The quantitative estimate of drug-likeness (QED) is 0.728. The van der Waals surface area contributed by atoms with Gasteiger partial charge in [0.15, 0.2) is 5.11 Å². The van der Waals surface area contributed by atoms with Gasteiger partial charge in [0.2, 0.25) is 0 Å². The van der Waals surface area contributed by atoms with Gasteiger partial charge in [0.1, 0.15) is 0 Å². The van der Waals surface area contributed by atoms with Crippen molar-refractivity contribution in [2.45, 2.75) is 38.8 Å². The van der Waals surface area contributed by atoms with Crippen molar-refractivity contribution in [2.24, 2.45) is 0 Å². The van der Waals surface area contributed by atoms with Crippen LogP contribution in [0.5, 0.6) is 0 Å². The Bertz CT molecular complexity index is 373. The summed E-state index contributed by atoms with van der Waals surface area (Å²) < 4.78 is 0. The summed E-state index contributed by atoms with van der Waals surface area (Å²) in [7, 11) is 0. The fourth-order valence-corrected chi connectivity index (χ4v) is 2.09. The first-order chi connectivity index (χ1) is 8.40. The van der Waals surface area contributed by atoms with E-state index in [1.807, 2.05) is 51.1 Å². The predicted octanol–water partition coefficient (Wildman–Crippen LogP) is 1.85. The van der Waals surface area contributed by atoms with Gasteiger partial charge in [-0.25, -0.2) is 0 Å². The molecular formula is C14H22N2OS. The van der Waals surface area contributed by atoms with Gasteiger partial charge in [-0.2, -0.15) is 0 Å². The van der Waals surface area contributed by atoms with Gasteiger partial charge in [0.25, 0.3) is 0 Å². The molecule has 1 aromatic rings. The lowest BCUT2D eigenvalue weighted by Crippen LogP contribution is -2.50. The Morgan fingerprint density at radius 1 is 1.28 bits per heavy atom. The van der Waals surface area contributed by atoms with E-state index in [1.165, 1.54) is 5.56 Å². The number of hydrogen-bond donors (Lipinski definition) is 3. The van der Waals surface area contributed by atoms with Crippen molar-refractivity contribution in [1.82, 2.24) is 10.6 Å². The Balaban J connectivity index is 2.50. The van der Waals surface area contributed by atoms with Crippen molar-refractivity contribution in [2.75, 3.05) is 6.61 Å². The summed E-state index contributed by atoms with van der Waals surface area (Å²) in [6.45, 7) is 6.20. The predicted molar refractivity (Wildman–Crippen MR) is 79.6 cm³/mol. The summed E-state index contributed by atoms with van der Waals surface area (Å²) in [6, 6.07) is 10.0. The highest BCUT2D eigenvalue weighted by Gasteiger charge is 2.14. The third-order valence-corrected chi connectivity index (χ3v) is 2.59. The summed E-state index contributed by atoms with van der Waals surface area (Å²) in [4.78, 5) is 0. The molecule has 1 atom stereocenters. The van der Waals surface area contributed by atoms with E-state index in [-0.39, 0.29) is 18.2 Å². The van der Waals surface area contributed by atoms with Crippen molar-refractivity contribution in [3.8, 4) is 0 Å². The normalized spacial score (nSPS) is 12.9. The second kappa shape index (κ2) is 6.71. The maximum atomic E-state index is 9.38. The van der Waals surface area contributed by atoms with Crippen LogP contribution in [0, 0.1) is 0 Å². The molecule has 1 aromatic carbocycles. The van der Waals surface area contributed by atoms with Crippen LogP contribution in [0.2, 0.25) is 0 Å². The maximum absolute atomic E-state index is 9.38. The Labute approximate surface area is 115 Å². The molecule has 0 bridgehead atoms. The van der Waals surface area contributed by atoms with Crippen LogP contribution >= 0.6 is 12.2 Å². The largest absolute Gasteiger partial charge is 0.394 e. The van der Waals surface area contributed by atoms with Crippen molar-refractivity contribution in [3.63, 3.8) is 0 Å². The highest BCUT2D eigenvalue weighted by atomic mass is 32.1. The number of thiocarbonyl (C=S) groups is 1. The molecule has 0 saturated carbocycles. The van der Waals surface area contributed by atoms with Crippen LogP contribution in [-0.4, -0.2) is 28.4 Å². The van der Waals surface area contributed by atoms with Crippen molar-refractivity contribution < 1.29 is 5.11 Å². The van der Waals surface area contributed by atoms with Crippen molar-refractivity contribution in [1.29, 1.82) is 0 Å². The monoisotopic (exact) mass is 266 g/mol. The third-order valence-electron chi connectivity index (χ3n) is 2.37. The molecule has 0 amide bonds. The van der Waals surface area contributed by atoms with E-state index in [1.54, 1.807) is 0 Å². The van der Waals surface area contributed by atoms with Gasteiger partial charge in [-0.05, 0) is 45.0 Å². The molecule has 0 fully saturated rings. The molecule has 0 saturated heterocycles. The van der Waals surface area contributed by atoms with Gasteiger partial charge in [0, 0.05) is 5.54 Å². The molecule has 3 nitrogen and oxygen atoms in total. The molecule has 0 aliphatic heterocycles. The van der Waals surface area contributed by atoms with Crippen LogP contribution in [0.1, 0.15) is 26.3 Å². The minimum absolute atomic E-state index is 0.0564. The Hall–Kier alpha value is -1.13. The maximum Gasteiger partial charge on any atom is 0.167 e. The lowest BCUT2D eigenvalue weighted by atomic mass is 10.1. The summed E-state index contributed by atoms with van der Waals surface area (Å²) in [5, 5.41) is 16.3. The van der Waals surface area contributed by atoms with Crippen molar-refractivity contribution in [3.05, 3.63) is 35.9 Å². The summed E-state index contributed by atoms with van der Waals surface area (Å²) in [5.74, 6) is 0. The molecule has 0 aliphatic carbocycles. The number of aliphatic hydroxyl groups excluding tert-OH is 1. The van der Waals surface area contributed by atoms with Gasteiger partial charge in [-0.3, -0.25) is 0 Å². The highest BCUT2D eigenvalue weighted by molar-refractivity contribution is 7.80. The first-order valence-electron chi connectivity index (χ1n) is 6.14. The summed E-state index contributed by atoms with van der Waals surface area (Å²) in [5.41, 5.74) is 1.11. The molecule has 100 valence electrons. The number of aliphatic hydroxyl groups is 1. The number of benzene rings is 1. The molecule has 1 unspecified atom stereocenters. The molecule has 1 rings (SSSR count). The van der Waals surface area contributed by atoms with Crippen LogP contribution in [-0.2, 0) is 6.42 Å². The van der Waals surface area contributed by atoms with Crippen LogP contribution in [0.3, 0.4) is 0 Å². The van der Waals surface area contributed by atoms with E-state index in [9.17, 15) is 5.11 Å². The molecule has 0 aliphatic rings. The lowest BCUT2D eigenvalue weighted by molar-refractivity contribution is 0.254. The molecule has 18 heavy (non-hydrogen) atoms. The number of nitrogens with one attached hydrogen (secondary N) is 2. The minimum Gasteiger partial charge on any atom is -0.394 e. The van der Waals surface area contributed by atoms with Gasteiger partial charge >= 0.3 is 0 Å². The molecular weight excluding hydrogens is 244 g/mol. The van der Waals surface area contributed by atoms with Gasteiger partial charge in [0.05, 0.1) is 12.6 Å². The molecule has 0 heterocycles. The van der Waals surface area contributed by atoms with Gasteiger partial charge in [-0.1, -0.05) is 30.3 Å². The Morgan fingerprint density at radius 3 is 2.39 bits per heavy atom. The first-order valence-corrected chi connectivity index (χ1v) is 6.55. The average molecular weight is 266 g/mol. The highest BCUT2D eigenvalue weighted by Crippen LogP contribution is 2.03. The van der Waals surface area contributed by atoms with Crippen LogP contribution in [0.15, 0.2) is 30.3 Å². The fourth-order valence-electron chi connectivity index (χ4n) is 1.62. The topological polar surface area (TPSA) is 44.3 Å². The molecule has 0 radical (unpaired) electrons. The van der Waals surface area contributed by atoms with E-state index in [2.05, 4.69) is 10.6 Å².